The molecule has 1 saturated carbocycles. The fourth-order valence-corrected chi connectivity index (χ4v) is 2.84. The Balaban J connectivity index is 1.55. The summed E-state index contributed by atoms with van der Waals surface area (Å²) in [6.07, 6.45) is 4.29. The van der Waals surface area contributed by atoms with Crippen LogP contribution in [0, 0.1) is 5.92 Å². The highest BCUT2D eigenvalue weighted by molar-refractivity contribution is 5.93. The Kier molecular flexibility index (Phi) is 7.65. The predicted octanol–water partition coefficient (Wildman–Crippen LogP) is 2.83. The summed E-state index contributed by atoms with van der Waals surface area (Å²) in [5, 5.41) is 6.60. The fourth-order valence-electron chi connectivity index (χ4n) is 2.84. The molecule has 0 radical (unpaired) electrons. The fraction of sp³-hybridized carbons (Fsp3) is 0.435. The van der Waals surface area contributed by atoms with Gasteiger partial charge in [-0.1, -0.05) is 12.1 Å². The molecule has 0 atom stereocenters. The van der Waals surface area contributed by atoms with Crippen molar-refractivity contribution >= 4 is 11.9 Å². The van der Waals surface area contributed by atoms with E-state index >= 15 is 0 Å². The number of rotatable bonds is 9. The van der Waals surface area contributed by atoms with Gasteiger partial charge in [0.05, 0.1) is 13.2 Å². The topological polar surface area (TPSA) is 78.9 Å². The van der Waals surface area contributed by atoms with E-state index in [1.165, 1.54) is 12.8 Å². The average Bonchev–Trinajstić information content (AvgIpc) is 3.59. The third-order valence-electron chi connectivity index (χ3n) is 4.79. The van der Waals surface area contributed by atoms with Crippen molar-refractivity contribution in [1.82, 2.24) is 20.5 Å². The lowest BCUT2D eigenvalue weighted by atomic mass is 10.1. The average molecular weight is 410 g/mol. The molecule has 0 saturated heterocycles. The molecule has 0 bridgehead atoms. The molecule has 2 N–H and O–H groups in total. The third kappa shape index (κ3) is 6.76. The first-order chi connectivity index (χ1) is 14.5. The van der Waals surface area contributed by atoms with E-state index in [1.807, 2.05) is 43.3 Å². The molecular weight excluding hydrogens is 378 g/mol. The van der Waals surface area contributed by atoms with E-state index in [-0.39, 0.29) is 5.91 Å². The van der Waals surface area contributed by atoms with E-state index in [1.54, 1.807) is 25.2 Å². The first kappa shape index (κ1) is 21.6. The molecule has 1 amide bonds. The summed E-state index contributed by atoms with van der Waals surface area (Å²) in [7, 11) is 3.50. The van der Waals surface area contributed by atoms with Crippen LogP contribution in [0.3, 0.4) is 0 Å². The second kappa shape index (κ2) is 10.6. The molecule has 1 aliphatic rings. The highest BCUT2D eigenvalue weighted by Crippen LogP contribution is 2.29. The highest BCUT2D eigenvalue weighted by atomic mass is 16.5. The molecular formula is C23H31N5O2. The number of hydrogen-bond donors (Lipinski definition) is 2. The number of guanidine groups is 1. The SMILES string of the molecule is CCNC(=NCc1ccnc(OCC2CC2)c1)NCc1ccc(C(=O)N(C)C)cc1. The molecule has 7 heteroatoms. The predicted molar refractivity (Wildman–Crippen MR) is 119 cm³/mol. The van der Waals surface area contributed by atoms with E-state index < -0.39 is 0 Å². The molecule has 30 heavy (non-hydrogen) atoms. The minimum Gasteiger partial charge on any atom is -0.477 e. The van der Waals surface area contributed by atoms with Crippen molar-refractivity contribution in [2.24, 2.45) is 10.9 Å². The second-order valence-corrected chi connectivity index (χ2v) is 7.70. The maximum Gasteiger partial charge on any atom is 0.253 e. The highest BCUT2D eigenvalue weighted by Gasteiger charge is 2.22. The summed E-state index contributed by atoms with van der Waals surface area (Å²) in [6, 6.07) is 11.5. The van der Waals surface area contributed by atoms with Gasteiger partial charge in [-0.25, -0.2) is 9.98 Å². The quantitative estimate of drug-likeness (QED) is 0.492. The molecule has 0 aliphatic heterocycles. The van der Waals surface area contributed by atoms with Crippen molar-refractivity contribution in [3.05, 3.63) is 59.3 Å². The Morgan fingerprint density at radius 1 is 1.17 bits per heavy atom. The Hall–Kier alpha value is -3.09. The summed E-state index contributed by atoms with van der Waals surface area (Å²) in [5.74, 6) is 2.11. The minimum absolute atomic E-state index is 0.00208. The largest absolute Gasteiger partial charge is 0.477 e. The van der Waals surface area contributed by atoms with Crippen LogP contribution >= 0.6 is 0 Å². The van der Waals surface area contributed by atoms with E-state index in [9.17, 15) is 4.79 Å². The van der Waals surface area contributed by atoms with Crippen LogP contribution in [0.15, 0.2) is 47.6 Å². The van der Waals surface area contributed by atoms with Gasteiger partial charge in [0.1, 0.15) is 0 Å². The molecule has 3 rings (SSSR count). The van der Waals surface area contributed by atoms with E-state index in [0.29, 0.717) is 30.5 Å². The number of carbonyl (C=O) groups is 1. The van der Waals surface area contributed by atoms with Crippen molar-refractivity contribution in [3.8, 4) is 5.88 Å². The zero-order valence-electron chi connectivity index (χ0n) is 18.0. The van der Waals surface area contributed by atoms with E-state index in [2.05, 4.69) is 20.6 Å². The van der Waals surface area contributed by atoms with Crippen LogP contribution in [0.4, 0.5) is 0 Å². The molecule has 1 heterocycles. The van der Waals surface area contributed by atoms with Gasteiger partial charge < -0.3 is 20.3 Å². The summed E-state index contributed by atoms with van der Waals surface area (Å²) in [6.45, 7) is 4.72. The number of ether oxygens (including phenoxy) is 1. The molecule has 1 aliphatic carbocycles. The van der Waals surface area contributed by atoms with Gasteiger partial charge in [-0.2, -0.15) is 0 Å². The van der Waals surface area contributed by atoms with E-state index in [0.717, 1.165) is 30.2 Å². The lowest BCUT2D eigenvalue weighted by molar-refractivity contribution is 0.0827. The van der Waals surface area contributed by atoms with Crippen LogP contribution in [0.5, 0.6) is 5.88 Å². The van der Waals surface area contributed by atoms with Crippen LogP contribution in [0.2, 0.25) is 0 Å². The summed E-state index contributed by atoms with van der Waals surface area (Å²) in [4.78, 5) is 22.5. The number of benzene rings is 1. The molecule has 160 valence electrons. The molecule has 0 spiro atoms. The third-order valence-corrected chi connectivity index (χ3v) is 4.79. The van der Waals surface area contributed by atoms with Gasteiger partial charge in [-0.15, -0.1) is 0 Å². The summed E-state index contributed by atoms with van der Waals surface area (Å²) in [5.41, 5.74) is 2.82. The van der Waals surface area contributed by atoms with Crippen LogP contribution in [0.1, 0.15) is 41.3 Å². The van der Waals surface area contributed by atoms with Crippen molar-refractivity contribution in [3.63, 3.8) is 0 Å². The normalized spacial score (nSPS) is 13.6. The van der Waals surface area contributed by atoms with Gasteiger partial charge in [-0.05, 0) is 55.0 Å². The lowest BCUT2D eigenvalue weighted by Crippen LogP contribution is -2.36. The van der Waals surface area contributed by atoms with Crippen molar-refractivity contribution in [2.45, 2.75) is 32.9 Å². The summed E-state index contributed by atoms with van der Waals surface area (Å²) >= 11 is 0. The second-order valence-electron chi connectivity index (χ2n) is 7.70. The Bertz CT molecular complexity index is 860. The molecule has 1 aromatic carbocycles. The Morgan fingerprint density at radius 2 is 1.93 bits per heavy atom. The Labute approximate surface area is 178 Å². The van der Waals surface area contributed by atoms with Crippen LogP contribution < -0.4 is 15.4 Å². The van der Waals surface area contributed by atoms with Crippen molar-refractivity contribution < 1.29 is 9.53 Å². The number of amides is 1. The zero-order valence-corrected chi connectivity index (χ0v) is 18.0. The van der Waals surface area contributed by atoms with Gasteiger partial charge in [-0.3, -0.25) is 4.79 Å². The minimum atomic E-state index is 0.00208. The maximum atomic E-state index is 12.0. The van der Waals surface area contributed by atoms with Crippen LogP contribution in [-0.4, -0.2) is 49.0 Å². The van der Waals surface area contributed by atoms with Gasteiger partial charge in [0.2, 0.25) is 5.88 Å². The van der Waals surface area contributed by atoms with Gasteiger partial charge in [0, 0.05) is 45.0 Å². The first-order valence-corrected chi connectivity index (χ1v) is 10.5. The lowest BCUT2D eigenvalue weighted by Gasteiger charge is -2.13. The number of aromatic nitrogens is 1. The smallest absolute Gasteiger partial charge is 0.253 e. The number of carbonyl (C=O) groups excluding carboxylic acids is 1. The number of nitrogens with one attached hydrogen (secondary N) is 2. The van der Waals surface area contributed by atoms with Crippen molar-refractivity contribution in [2.75, 3.05) is 27.2 Å². The van der Waals surface area contributed by atoms with Gasteiger partial charge >= 0.3 is 0 Å². The number of pyridine rings is 1. The van der Waals surface area contributed by atoms with E-state index in [4.69, 9.17) is 4.74 Å². The van der Waals surface area contributed by atoms with Crippen LogP contribution in [0.25, 0.3) is 0 Å². The first-order valence-electron chi connectivity index (χ1n) is 10.5. The Morgan fingerprint density at radius 3 is 2.60 bits per heavy atom. The van der Waals surface area contributed by atoms with Gasteiger partial charge in [0.15, 0.2) is 5.96 Å². The molecule has 7 nitrogen and oxygen atoms in total. The molecule has 2 aromatic rings. The molecule has 0 unspecified atom stereocenters. The molecule has 1 aromatic heterocycles. The van der Waals surface area contributed by atoms with Crippen molar-refractivity contribution in [1.29, 1.82) is 0 Å². The summed E-state index contributed by atoms with van der Waals surface area (Å²) < 4.78 is 5.75. The number of hydrogen-bond acceptors (Lipinski definition) is 4. The van der Waals surface area contributed by atoms with Gasteiger partial charge in [0.25, 0.3) is 5.91 Å². The number of aliphatic imine (C=N–C) groups is 1. The van der Waals surface area contributed by atoms with Crippen LogP contribution in [-0.2, 0) is 13.1 Å². The standard InChI is InChI=1S/C23H31N5O2/c1-4-24-23(26-14-17-7-9-20(10-8-17)22(29)28(2)3)27-15-19-11-12-25-21(13-19)30-16-18-5-6-18/h7-13,18H,4-6,14-16H2,1-3H3,(H2,24,26,27). The molecule has 1 fully saturated rings. The number of nitrogens with zero attached hydrogens (tertiary/aromatic N) is 3. The maximum absolute atomic E-state index is 12.0. The monoisotopic (exact) mass is 409 g/mol. The zero-order chi connectivity index (χ0) is 21.3.